The average molecular weight is 205 g/mol. The summed E-state index contributed by atoms with van der Waals surface area (Å²) in [7, 11) is 0. The second-order valence-electron chi connectivity index (χ2n) is 3.88. The molecule has 0 bridgehead atoms. The van der Waals surface area contributed by atoms with Crippen LogP contribution in [0.1, 0.15) is 34.6 Å². The van der Waals surface area contributed by atoms with Crippen LogP contribution in [0, 0.1) is 5.41 Å². The van der Waals surface area contributed by atoms with Crippen molar-refractivity contribution in [1.82, 2.24) is 0 Å². The molecule has 10 heavy (non-hydrogen) atoms. The molecule has 0 amide bonds. The van der Waals surface area contributed by atoms with Gasteiger partial charge >= 0.3 is 0 Å². The fraction of sp³-hybridized carbons (Fsp3) is 0.778. The standard InChI is InChI=1S/C9H17Br/c1-7(2)8(3,4)9(5,6)10/h1H2,2-6H3. The number of allylic oxidation sites excluding steroid dienone is 1. The van der Waals surface area contributed by atoms with Crippen LogP contribution in [0.2, 0.25) is 0 Å². The summed E-state index contributed by atoms with van der Waals surface area (Å²) in [6.07, 6.45) is 0. The summed E-state index contributed by atoms with van der Waals surface area (Å²) in [6.45, 7) is 14.8. The topological polar surface area (TPSA) is 0 Å². The van der Waals surface area contributed by atoms with Crippen molar-refractivity contribution < 1.29 is 0 Å². The number of halogens is 1. The average Bonchev–Trinajstić information content (AvgIpc) is 1.62. The van der Waals surface area contributed by atoms with Gasteiger partial charge in [0.05, 0.1) is 0 Å². The second-order valence-corrected chi connectivity index (χ2v) is 5.86. The molecule has 0 aromatic heterocycles. The minimum absolute atomic E-state index is 0.131. The third-order valence-electron chi connectivity index (χ3n) is 2.55. The minimum Gasteiger partial charge on any atom is -0.0995 e. The summed E-state index contributed by atoms with van der Waals surface area (Å²) in [4.78, 5) is 0. The van der Waals surface area contributed by atoms with E-state index >= 15 is 0 Å². The maximum absolute atomic E-state index is 3.96. The Morgan fingerprint density at radius 2 is 1.50 bits per heavy atom. The summed E-state index contributed by atoms with van der Waals surface area (Å²) >= 11 is 3.64. The molecule has 0 heterocycles. The van der Waals surface area contributed by atoms with Crippen LogP contribution in [-0.4, -0.2) is 4.32 Å². The molecule has 0 atom stereocenters. The lowest BCUT2D eigenvalue weighted by atomic mass is 9.76. The Balaban J connectivity index is 4.57. The smallest absolute Gasteiger partial charge is 0.0289 e. The van der Waals surface area contributed by atoms with Gasteiger partial charge in [-0.1, -0.05) is 41.9 Å². The van der Waals surface area contributed by atoms with Gasteiger partial charge in [-0.2, -0.15) is 0 Å². The third-order valence-corrected chi connectivity index (χ3v) is 3.54. The van der Waals surface area contributed by atoms with Gasteiger partial charge in [-0.05, 0) is 26.2 Å². The molecule has 0 N–H and O–H groups in total. The largest absolute Gasteiger partial charge is 0.0995 e. The molecule has 0 nitrogen and oxygen atoms in total. The molecule has 0 fully saturated rings. The second kappa shape index (κ2) is 2.69. The van der Waals surface area contributed by atoms with Crippen molar-refractivity contribution in [3.63, 3.8) is 0 Å². The van der Waals surface area contributed by atoms with Crippen LogP contribution in [0.5, 0.6) is 0 Å². The Morgan fingerprint density at radius 3 is 1.50 bits per heavy atom. The SMILES string of the molecule is C=C(C)C(C)(C)C(C)(C)Br. The molecule has 1 heteroatoms. The number of hydrogen-bond acceptors (Lipinski definition) is 0. The normalized spacial score (nSPS) is 13.4. The lowest BCUT2D eigenvalue weighted by Gasteiger charge is -2.37. The zero-order valence-electron chi connectivity index (χ0n) is 7.59. The van der Waals surface area contributed by atoms with Gasteiger partial charge in [-0.25, -0.2) is 0 Å². The van der Waals surface area contributed by atoms with Crippen LogP contribution in [0.3, 0.4) is 0 Å². The van der Waals surface area contributed by atoms with Crippen LogP contribution in [0.25, 0.3) is 0 Å². The van der Waals surface area contributed by atoms with E-state index in [1.54, 1.807) is 0 Å². The van der Waals surface area contributed by atoms with Gasteiger partial charge in [-0.3, -0.25) is 0 Å². The van der Waals surface area contributed by atoms with Crippen LogP contribution >= 0.6 is 15.9 Å². The van der Waals surface area contributed by atoms with E-state index < -0.39 is 0 Å². The maximum Gasteiger partial charge on any atom is 0.0289 e. The molecule has 60 valence electrons. The summed E-state index contributed by atoms with van der Waals surface area (Å²) in [5.74, 6) is 0. The van der Waals surface area contributed by atoms with Gasteiger partial charge in [-0.15, -0.1) is 0 Å². The monoisotopic (exact) mass is 204 g/mol. The fourth-order valence-electron chi connectivity index (χ4n) is 0.507. The van der Waals surface area contributed by atoms with E-state index in [2.05, 4.69) is 57.1 Å². The fourth-order valence-corrected chi connectivity index (χ4v) is 0.846. The predicted molar refractivity (Wildman–Crippen MR) is 51.6 cm³/mol. The molecular weight excluding hydrogens is 188 g/mol. The highest BCUT2D eigenvalue weighted by atomic mass is 79.9. The van der Waals surface area contributed by atoms with E-state index in [1.807, 2.05) is 0 Å². The molecule has 0 aromatic rings. The first-order valence-electron chi connectivity index (χ1n) is 3.54. The highest BCUT2D eigenvalue weighted by Gasteiger charge is 2.34. The van der Waals surface area contributed by atoms with Crippen molar-refractivity contribution in [2.24, 2.45) is 5.41 Å². The van der Waals surface area contributed by atoms with Gasteiger partial charge in [0.1, 0.15) is 0 Å². The molecule has 0 rings (SSSR count). The van der Waals surface area contributed by atoms with E-state index in [0.717, 1.165) is 0 Å². The van der Waals surface area contributed by atoms with Crippen molar-refractivity contribution in [2.45, 2.75) is 38.9 Å². The molecule has 0 aromatic carbocycles. The number of rotatable bonds is 2. The van der Waals surface area contributed by atoms with E-state index in [-0.39, 0.29) is 9.74 Å². The quantitative estimate of drug-likeness (QED) is 0.475. The van der Waals surface area contributed by atoms with Crippen LogP contribution < -0.4 is 0 Å². The maximum atomic E-state index is 3.96. The molecule has 0 saturated carbocycles. The van der Waals surface area contributed by atoms with Crippen molar-refractivity contribution in [3.05, 3.63) is 12.2 Å². The molecule has 0 spiro atoms. The van der Waals surface area contributed by atoms with E-state index in [4.69, 9.17) is 0 Å². The van der Waals surface area contributed by atoms with E-state index in [1.165, 1.54) is 5.57 Å². The lowest BCUT2D eigenvalue weighted by Crippen LogP contribution is -2.33. The van der Waals surface area contributed by atoms with E-state index in [0.29, 0.717) is 0 Å². The van der Waals surface area contributed by atoms with E-state index in [9.17, 15) is 0 Å². The van der Waals surface area contributed by atoms with Crippen molar-refractivity contribution in [2.75, 3.05) is 0 Å². The number of alkyl halides is 1. The first-order valence-corrected chi connectivity index (χ1v) is 4.34. The van der Waals surface area contributed by atoms with Crippen LogP contribution in [0.4, 0.5) is 0 Å². The molecule has 0 unspecified atom stereocenters. The summed E-state index contributed by atoms with van der Waals surface area (Å²) in [6, 6.07) is 0. The molecule has 0 saturated heterocycles. The van der Waals surface area contributed by atoms with Gasteiger partial charge in [0.15, 0.2) is 0 Å². The summed E-state index contributed by atoms with van der Waals surface area (Å²) in [5, 5.41) is 0. The third kappa shape index (κ3) is 1.85. The van der Waals surface area contributed by atoms with Gasteiger partial charge in [0.25, 0.3) is 0 Å². The molecule has 0 aliphatic rings. The summed E-state index contributed by atoms with van der Waals surface area (Å²) in [5.41, 5.74) is 1.38. The lowest BCUT2D eigenvalue weighted by molar-refractivity contribution is 0.356. The number of hydrogen-bond donors (Lipinski definition) is 0. The van der Waals surface area contributed by atoms with Crippen LogP contribution in [0.15, 0.2) is 12.2 Å². The molecule has 0 radical (unpaired) electrons. The predicted octanol–water partition coefficient (Wildman–Crippen LogP) is 3.76. The Hall–Kier alpha value is 0.220. The van der Waals surface area contributed by atoms with Gasteiger partial charge in [0, 0.05) is 4.32 Å². The molecule has 0 aliphatic carbocycles. The molecule has 0 aliphatic heterocycles. The Morgan fingerprint density at radius 1 is 1.20 bits per heavy atom. The molecular formula is C9H17Br. The van der Waals surface area contributed by atoms with Crippen molar-refractivity contribution in [3.8, 4) is 0 Å². The Bertz CT molecular complexity index is 137. The Kier molecular flexibility index (Phi) is 2.75. The van der Waals surface area contributed by atoms with Gasteiger partial charge in [0.2, 0.25) is 0 Å². The minimum atomic E-state index is 0.131. The Labute approximate surface area is 72.8 Å². The highest BCUT2D eigenvalue weighted by molar-refractivity contribution is 9.10. The summed E-state index contributed by atoms with van der Waals surface area (Å²) < 4.78 is 0.131. The van der Waals surface area contributed by atoms with Crippen LogP contribution in [-0.2, 0) is 0 Å². The van der Waals surface area contributed by atoms with Crippen molar-refractivity contribution in [1.29, 1.82) is 0 Å². The zero-order valence-corrected chi connectivity index (χ0v) is 9.17. The highest BCUT2D eigenvalue weighted by Crippen LogP contribution is 2.42. The van der Waals surface area contributed by atoms with Crippen molar-refractivity contribution >= 4 is 15.9 Å². The van der Waals surface area contributed by atoms with Gasteiger partial charge < -0.3 is 0 Å². The zero-order chi connectivity index (χ0) is 8.58. The first kappa shape index (κ1) is 10.2. The first-order chi connectivity index (χ1) is 4.19.